The number of halogens is 3. The molecule has 27 heavy (non-hydrogen) atoms. The van der Waals surface area contributed by atoms with Crippen molar-refractivity contribution in [3.8, 4) is 5.75 Å². The van der Waals surface area contributed by atoms with Crippen LogP contribution in [0.25, 0.3) is 0 Å². The standard InChI is InChI=1S/C18H17F3N2O3S/c1-12-4-2-5-13(8-12)22-16(24)10-27-11-17(25)23-14-6-3-7-15(9-14)26-18(19,20)21/h2-9H,10-11H2,1H3,(H,22,24)(H,23,25). The Morgan fingerprint density at radius 2 is 1.52 bits per heavy atom. The third-order valence-corrected chi connectivity index (χ3v) is 4.05. The second kappa shape index (κ2) is 9.31. The SMILES string of the molecule is Cc1cccc(NC(=O)CSCC(=O)Nc2cccc(OC(F)(F)F)c2)c1. The highest BCUT2D eigenvalue weighted by molar-refractivity contribution is 8.00. The number of amides is 2. The van der Waals surface area contributed by atoms with Crippen LogP contribution >= 0.6 is 11.8 Å². The Hall–Kier alpha value is -2.68. The van der Waals surface area contributed by atoms with Crippen LogP contribution in [-0.4, -0.2) is 29.7 Å². The molecule has 144 valence electrons. The number of nitrogens with one attached hydrogen (secondary N) is 2. The number of alkyl halides is 3. The molecule has 2 aromatic rings. The lowest BCUT2D eigenvalue weighted by Crippen LogP contribution is -2.19. The van der Waals surface area contributed by atoms with Gasteiger partial charge in [0.25, 0.3) is 0 Å². The molecule has 0 fully saturated rings. The van der Waals surface area contributed by atoms with Gasteiger partial charge in [-0.1, -0.05) is 18.2 Å². The summed E-state index contributed by atoms with van der Waals surface area (Å²) in [4.78, 5) is 23.7. The average molecular weight is 398 g/mol. The van der Waals surface area contributed by atoms with E-state index in [-0.39, 0.29) is 23.1 Å². The van der Waals surface area contributed by atoms with Gasteiger partial charge >= 0.3 is 6.36 Å². The van der Waals surface area contributed by atoms with Crippen molar-refractivity contribution in [3.05, 3.63) is 54.1 Å². The molecular formula is C18H17F3N2O3S. The van der Waals surface area contributed by atoms with E-state index < -0.39 is 18.0 Å². The molecule has 5 nitrogen and oxygen atoms in total. The van der Waals surface area contributed by atoms with E-state index in [2.05, 4.69) is 15.4 Å². The molecule has 0 unspecified atom stereocenters. The maximum Gasteiger partial charge on any atom is 0.573 e. The fourth-order valence-electron chi connectivity index (χ4n) is 2.12. The molecule has 0 aliphatic carbocycles. The summed E-state index contributed by atoms with van der Waals surface area (Å²) in [6, 6.07) is 12.3. The molecule has 0 saturated carbocycles. The number of hydrogen-bond donors (Lipinski definition) is 2. The third kappa shape index (κ3) is 8.04. The van der Waals surface area contributed by atoms with E-state index in [1.807, 2.05) is 25.1 Å². The molecule has 0 aliphatic rings. The lowest BCUT2D eigenvalue weighted by Gasteiger charge is -2.10. The highest BCUT2D eigenvalue weighted by Gasteiger charge is 2.31. The number of ether oxygens (including phenoxy) is 1. The third-order valence-electron chi connectivity index (χ3n) is 3.12. The van der Waals surface area contributed by atoms with Crippen LogP contribution in [0.15, 0.2) is 48.5 Å². The molecule has 2 N–H and O–H groups in total. The summed E-state index contributed by atoms with van der Waals surface area (Å²) in [7, 11) is 0. The summed E-state index contributed by atoms with van der Waals surface area (Å²) in [6.45, 7) is 1.91. The summed E-state index contributed by atoms with van der Waals surface area (Å²) in [5.41, 5.74) is 1.86. The van der Waals surface area contributed by atoms with Crippen LogP contribution in [0.5, 0.6) is 5.75 Å². The predicted molar refractivity (Wildman–Crippen MR) is 98.9 cm³/mol. The number of carbonyl (C=O) groups excluding carboxylic acids is 2. The van der Waals surface area contributed by atoms with Crippen molar-refractivity contribution in [1.29, 1.82) is 0 Å². The largest absolute Gasteiger partial charge is 0.573 e. The van der Waals surface area contributed by atoms with Crippen molar-refractivity contribution in [1.82, 2.24) is 0 Å². The quantitative estimate of drug-likeness (QED) is 0.734. The number of thioether (sulfide) groups is 1. The molecule has 0 radical (unpaired) electrons. The zero-order chi connectivity index (χ0) is 19.9. The number of benzene rings is 2. The van der Waals surface area contributed by atoms with Gasteiger partial charge in [0, 0.05) is 17.4 Å². The van der Waals surface area contributed by atoms with Crippen LogP contribution in [0.2, 0.25) is 0 Å². The molecular weight excluding hydrogens is 381 g/mol. The molecule has 9 heteroatoms. The van der Waals surface area contributed by atoms with Crippen LogP contribution < -0.4 is 15.4 Å². The smallest absolute Gasteiger partial charge is 0.406 e. The second-order valence-electron chi connectivity index (χ2n) is 5.53. The number of hydrogen-bond acceptors (Lipinski definition) is 4. The van der Waals surface area contributed by atoms with Gasteiger partial charge in [0.1, 0.15) is 5.75 Å². The minimum atomic E-state index is -4.80. The monoisotopic (exact) mass is 398 g/mol. The first-order chi connectivity index (χ1) is 12.7. The fourth-order valence-corrected chi connectivity index (χ4v) is 2.74. The van der Waals surface area contributed by atoms with Gasteiger partial charge in [0.05, 0.1) is 11.5 Å². The number of aryl methyl sites for hydroxylation is 1. The first kappa shape index (κ1) is 20.6. The molecule has 2 amide bonds. The van der Waals surface area contributed by atoms with Gasteiger partial charge in [0.15, 0.2) is 0 Å². The average Bonchev–Trinajstić information content (AvgIpc) is 2.53. The Morgan fingerprint density at radius 3 is 2.07 bits per heavy atom. The van der Waals surface area contributed by atoms with Gasteiger partial charge in [-0.15, -0.1) is 24.9 Å². The van der Waals surface area contributed by atoms with Crippen LogP contribution in [0.4, 0.5) is 24.5 Å². The Bertz CT molecular complexity index is 812. The van der Waals surface area contributed by atoms with Crippen molar-refractivity contribution in [2.24, 2.45) is 0 Å². The molecule has 2 rings (SSSR count). The molecule has 0 atom stereocenters. The number of carbonyl (C=O) groups is 2. The van der Waals surface area contributed by atoms with E-state index in [4.69, 9.17) is 0 Å². The molecule has 0 bridgehead atoms. The van der Waals surface area contributed by atoms with Gasteiger partial charge < -0.3 is 15.4 Å². The highest BCUT2D eigenvalue weighted by Crippen LogP contribution is 2.25. The van der Waals surface area contributed by atoms with Crippen LogP contribution in [0, 0.1) is 6.92 Å². The Morgan fingerprint density at radius 1 is 0.963 bits per heavy atom. The summed E-state index contributed by atoms with van der Waals surface area (Å²) < 4.78 is 40.4. The first-order valence-electron chi connectivity index (χ1n) is 7.81. The van der Waals surface area contributed by atoms with Crippen molar-refractivity contribution in [2.45, 2.75) is 13.3 Å². The lowest BCUT2D eigenvalue weighted by atomic mass is 10.2. The summed E-state index contributed by atoms with van der Waals surface area (Å²) >= 11 is 1.09. The van der Waals surface area contributed by atoms with Crippen molar-refractivity contribution >= 4 is 35.0 Å². The maximum absolute atomic E-state index is 12.2. The van der Waals surface area contributed by atoms with E-state index >= 15 is 0 Å². The number of anilines is 2. The summed E-state index contributed by atoms with van der Waals surface area (Å²) in [5, 5.41) is 5.18. The number of rotatable bonds is 7. The topological polar surface area (TPSA) is 67.4 Å². The van der Waals surface area contributed by atoms with Crippen LogP contribution in [0.1, 0.15) is 5.56 Å². The highest BCUT2D eigenvalue weighted by atomic mass is 32.2. The molecule has 0 heterocycles. The summed E-state index contributed by atoms with van der Waals surface area (Å²) in [5.74, 6) is -1.07. The Labute approximate surface area is 158 Å². The zero-order valence-corrected chi connectivity index (χ0v) is 15.1. The van der Waals surface area contributed by atoms with E-state index in [0.717, 1.165) is 29.5 Å². The van der Waals surface area contributed by atoms with Crippen LogP contribution in [0.3, 0.4) is 0 Å². The molecule has 0 saturated heterocycles. The van der Waals surface area contributed by atoms with Gasteiger partial charge in [-0.3, -0.25) is 9.59 Å². The minimum Gasteiger partial charge on any atom is -0.406 e. The zero-order valence-electron chi connectivity index (χ0n) is 14.3. The van der Waals surface area contributed by atoms with E-state index in [0.29, 0.717) is 5.69 Å². The van der Waals surface area contributed by atoms with Gasteiger partial charge in [0.2, 0.25) is 11.8 Å². The molecule has 0 aliphatic heterocycles. The van der Waals surface area contributed by atoms with Gasteiger partial charge in [-0.25, -0.2) is 0 Å². The van der Waals surface area contributed by atoms with Gasteiger partial charge in [-0.05, 0) is 36.8 Å². The molecule has 0 spiro atoms. The van der Waals surface area contributed by atoms with E-state index in [9.17, 15) is 22.8 Å². The minimum absolute atomic E-state index is 0.0222. The molecule has 0 aromatic heterocycles. The van der Waals surface area contributed by atoms with Crippen molar-refractivity contribution in [3.63, 3.8) is 0 Å². The van der Waals surface area contributed by atoms with Crippen LogP contribution in [-0.2, 0) is 9.59 Å². The first-order valence-corrected chi connectivity index (χ1v) is 8.97. The Kier molecular flexibility index (Phi) is 7.12. The normalized spacial score (nSPS) is 11.0. The summed E-state index contributed by atoms with van der Waals surface area (Å²) in [6.07, 6.45) is -4.80. The van der Waals surface area contributed by atoms with E-state index in [1.54, 1.807) is 6.07 Å². The molecule has 2 aromatic carbocycles. The fraction of sp³-hybridized carbons (Fsp3) is 0.222. The maximum atomic E-state index is 12.2. The Balaban J connectivity index is 1.76. The predicted octanol–water partition coefficient (Wildman–Crippen LogP) is 4.20. The van der Waals surface area contributed by atoms with Crippen molar-refractivity contribution < 1.29 is 27.5 Å². The van der Waals surface area contributed by atoms with E-state index in [1.165, 1.54) is 12.1 Å². The van der Waals surface area contributed by atoms with Gasteiger partial charge in [-0.2, -0.15) is 0 Å². The second-order valence-corrected chi connectivity index (χ2v) is 6.52. The lowest BCUT2D eigenvalue weighted by molar-refractivity contribution is -0.274. The van der Waals surface area contributed by atoms with Crippen molar-refractivity contribution in [2.75, 3.05) is 22.1 Å².